The van der Waals surface area contributed by atoms with Crippen molar-refractivity contribution in [2.75, 3.05) is 7.11 Å². The van der Waals surface area contributed by atoms with Gasteiger partial charge < -0.3 is 25.5 Å². The molecule has 0 aliphatic rings. The molecule has 0 radical (unpaired) electrons. The van der Waals surface area contributed by atoms with E-state index in [0.29, 0.717) is 12.2 Å². The lowest BCUT2D eigenvalue weighted by molar-refractivity contribution is -0.147. The Morgan fingerprint density at radius 2 is 1.66 bits per heavy atom. The number of nitrogens with zero attached hydrogens (tertiary/aromatic N) is 1. The van der Waals surface area contributed by atoms with Gasteiger partial charge in [0.1, 0.15) is 12.6 Å². The van der Waals surface area contributed by atoms with E-state index in [1.165, 1.54) is 18.3 Å². The molecule has 154 valence electrons. The molecule has 0 bridgehead atoms. The summed E-state index contributed by atoms with van der Waals surface area (Å²) in [4.78, 5) is 24.1. The van der Waals surface area contributed by atoms with Crippen molar-refractivity contribution in [2.24, 2.45) is 11.6 Å². The molecule has 1 amide bonds. The van der Waals surface area contributed by atoms with Crippen molar-refractivity contribution >= 4 is 12.1 Å². The average Bonchev–Trinajstić information content (AvgIpc) is 2.72. The zero-order valence-corrected chi connectivity index (χ0v) is 16.3. The lowest BCUT2D eigenvalue weighted by atomic mass is 10.1. The highest BCUT2D eigenvalue weighted by Crippen LogP contribution is 2.08. The van der Waals surface area contributed by atoms with Crippen LogP contribution in [-0.2, 0) is 27.4 Å². The average molecular weight is 398 g/mol. The minimum atomic E-state index is -1.01. The normalized spacial score (nSPS) is 12.0. The van der Waals surface area contributed by atoms with Crippen LogP contribution in [0.5, 0.6) is 0 Å². The van der Waals surface area contributed by atoms with E-state index in [1.54, 1.807) is 0 Å². The number of nitrogens with two attached hydrogens (primary N) is 2. The van der Waals surface area contributed by atoms with Crippen LogP contribution in [0.25, 0.3) is 0 Å². The summed E-state index contributed by atoms with van der Waals surface area (Å²) in [5.74, 6) is 5.35. The zero-order chi connectivity index (χ0) is 21.1. The molecule has 0 aliphatic heterocycles. The molecule has 0 heterocycles. The van der Waals surface area contributed by atoms with Crippen LogP contribution in [0.15, 0.2) is 72.6 Å². The van der Waals surface area contributed by atoms with Gasteiger partial charge in [-0.2, -0.15) is 0 Å². The Kier molecular flexibility index (Phi) is 8.52. The van der Waals surface area contributed by atoms with Crippen molar-refractivity contribution in [3.05, 3.63) is 83.7 Å². The smallest absolute Gasteiger partial charge is 0.407 e. The highest BCUT2D eigenvalue weighted by molar-refractivity contribution is 5.81. The second-order valence-corrected chi connectivity index (χ2v) is 6.35. The molecule has 0 saturated carbocycles. The summed E-state index contributed by atoms with van der Waals surface area (Å²) in [7, 11) is 1.21. The van der Waals surface area contributed by atoms with E-state index in [-0.39, 0.29) is 13.0 Å². The molecule has 0 saturated heterocycles. The molecule has 1 unspecified atom stereocenters. The Bertz CT molecular complexity index is 812. The SMILES string of the molecule is COC(=O)NC(C/C(N)=C/N(N)Cc1ccccc1)C(=O)OCc1ccccc1. The molecule has 2 aromatic carbocycles. The Morgan fingerprint density at radius 3 is 2.24 bits per heavy atom. The molecule has 2 rings (SSSR count). The molecular weight excluding hydrogens is 372 g/mol. The van der Waals surface area contributed by atoms with Gasteiger partial charge in [-0.1, -0.05) is 60.7 Å². The van der Waals surface area contributed by atoms with Crippen molar-refractivity contribution in [1.29, 1.82) is 0 Å². The number of methoxy groups -OCH3 is 1. The van der Waals surface area contributed by atoms with Crippen LogP contribution < -0.4 is 16.9 Å². The number of ether oxygens (including phenoxy) is 2. The van der Waals surface area contributed by atoms with Crippen LogP contribution in [0.1, 0.15) is 17.5 Å². The zero-order valence-electron chi connectivity index (χ0n) is 16.3. The predicted octanol–water partition coefficient (Wildman–Crippen LogP) is 2.02. The summed E-state index contributed by atoms with van der Waals surface area (Å²) in [5.41, 5.74) is 8.17. The van der Waals surface area contributed by atoms with Crippen LogP contribution in [0.2, 0.25) is 0 Å². The Morgan fingerprint density at radius 1 is 1.07 bits per heavy atom. The Labute approximate surface area is 170 Å². The topological polar surface area (TPSA) is 120 Å². The third kappa shape index (κ3) is 7.94. The van der Waals surface area contributed by atoms with Crippen LogP contribution >= 0.6 is 0 Å². The van der Waals surface area contributed by atoms with Crippen LogP contribution in [-0.4, -0.2) is 30.2 Å². The molecular formula is C21H26N4O4. The minimum Gasteiger partial charge on any atom is -0.459 e. The minimum absolute atomic E-state index is 0.0191. The second kappa shape index (κ2) is 11.4. The van der Waals surface area contributed by atoms with Crippen LogP contribution in [0.3, 0.4) is 0 Å². The summed E-state index contributed by atoms with van der Waals surface area (Å²) in [6, 6.07) is 17.8. The van der Waals surface area contributed by atoms with Gasteiger partial charge in [0.2, 0.25) is 0 Å². The van der Waals surface area contributed by atoms with Gasteiger partial charge in [-0.25, -0.2) is 15.4 Å². The van der Waals surface area contributed by atoms with Crippen molar-refractivity contribution < 1.29 is 19.1 Å². The van der Waals surface area contributed by atoms with E-state index >= 15 is 0 Å². The maximum absolute atomic E-state index is 12.5. The monoisotopic (exact) mass is 398 g/mol. The fourth-order valence-electron chi connectivity index (χ4n) is 2.57. The lowest BCUT2D eigenvalue weighted by Crippen LogP contribution is -2.42. The summed E-state index contributed by atoms with van der Waals surface area (Å²) >= 11 is 0. The number of amides is 1. The second-order valence-electron chi connectivity index (χ2n) is 6.35. The van der Waals surface area contributed by atoms with Gasteiger partial charge in [0.25, 0.3) is 0 Å². The number of nitrogens with one attached hydrogen (secondary N) is 1. The molecule has 0 aromatic heterocycles. The van der Waals surface area contributed by atoms with E-state index in [2.05, 4.69) is 10.1 Å². The van der Waals surface area contributed by atoms with E-state index in [9.17, 15) is 9.59 Å². The number of hydrogen-bond acceptors (Lipinski definition) is 7. The molecule has 0 aliphatic carbocycles. The summed E-state index contributed by atoms with van der Waals surface area (Å²) in [5, 5.41) is 3.85. The standard InChI is InChI=1S/C21H26N4O4/c1-28-21(27)24-19(20(26)29-15-17-10-6-3-7-11-17)12-18(22)14-25(23)13-16-8-4-2-5-9-16/h2-11,14,19H,12-13,15,22-23H2,1H3,(H,24,27)/b18-14-. The predicted molar refractivity (Wildman–Crippen MR) is 109 cm³/mol. The first kappa shape index (κ1) is 21.8. The summed E-state index contributed by atoms with van der Waals surface area (Å²) in [6.45, 7) is 0.523. The number of hydrogen-bond donors (Lipinski definition) is 3. The van der Waals surface area contributed by atoms with Gasteiger partial charge in [-0.3, -0.25) is 0 Å². The van der Waals surface area contributed by atoms with E-state index in [1.807, 2.05) is 60.7 Å². The third-order valence-electron chi connectivity index (χ3n) is 3.97. The molecule has 0 spiro atoms. The van der Waals surface area contributed by atoms with E-state index < -0.39 is 18.1 Å². The molecule has 1 atom stereocenters. The van der Waals surface area contributed by atoms with Crippen molar-refractivity contribution in [1.82, 2.24) is 10.3 Å². The quantitative estimate of drug-likeness (QED) is 0.336. The molecule has 0 fully saturated rings. The van der Waals surface area contributed by atoms with Crippen molar-refractivity contribution in [3.63, 3.8) is 0 Å². The maximum atomic E-state index is 12.5. The Hall–Kier alpha value is -3.52. The summed E-state index contributed by atoms with van der Waals surface area (Å²) < 4.78 is 9.88. The molecule has 29 heavy (non-hydrogen) atoms. The van der Waals surface area contributed by atoms with Gasteiger partial charge in [0.15, 0.2) is 0 Å². The van der Waals surface area contributed by atoms with Gasteiger partial charge in [0, 0.05) is 18.3 Å². The first-order valence-electron chi connectivity index (χ1n) is 9.04. The number of benzene rings is 2. The third-order valence-corrected chi connectivity index (χ3v) is 3.97. The van der Waals surface area contributed by atoms with Gasteiger partial charge in [-0.15, -0.1) is 0 Å². The number of esters is 1. The maximum Gasteiger partial charge on any atom is 0.407 e. The van der Waals surface area contributed by atoms with Crippen molar-refractivity contribution in [2.45, 2.75) is 25.6 Å². The fraction of sp³-hybridized carbons (Fsp3) is 0.238. The highest BCUT2D eigenvalue weighted by Gasteiger charge is 2.24. The fourth-order valence-corrected chi connectivity index (χ4v) is 2.57. The molecule has 8 heteroatoms. The van der Waals surface area contributed by atoms with Crippen LogP contribution in [0, 0.1) is 0 Å². The largest absolute Gasteiger partial charge is 0.459 e. The number of carbonyl (C=O) groups excluding carboxylic acids is 2. The van der Waals surface area contributed by atoms with E-state index in [4.69, 9.17) is 16.3 Å². The first-order valence-corrected chi connectivity index (χ1v) is 9.04. The van der Waals surface area contributed by atoms with Crippen LogP contribution in [0.4, 0.5) is 4.79 Å². The lowest BCUT2D eigenvalue weighted by Gasteiger charge is -2.19. The molecule has 5 N–H and O–H groups in total. The number of alkyl carbamates (subject to hydrolysis) is 1. The first-order chi connectivity index (χ1) is 14.0. The van der Waals surface area contributed by atoms with Gasteiger partial charge >= 0.3 is 12.1 Å². The van der Waals surface area contributed by atoms with E-state index in [0.717, 1.165) is 11.1 Å². The Balaban J connectivity index is 1.98. The van der Waals surface area contributed by atoms with Gasteiger partial charge in [-0.05, 0) is 11.1 Å². The summed E-state index contributed by atoms with van der Waals surface area (Å²) in [6.07, 6.45) is 0.780. The number of carbonyl (C=O) groups is 2. The number of rotatable bonds is 9. The van der Waals surface area contributed by atoms with Crippen molar-refractivity contribution in [3.8, 4) is 0 Å². The highest BCUT2D eigenvalue weighted by atomic mass is 16.5. The molecule has 8 nitrogen and oxygen atoms in total. The molecule has 2 aromatic rings. The number of hydrazine groups is 1. The van der Waals surface area contributed by atoms with Gasteiger partial charge in [0.05, 0.1) is 13.7 Å².